The van der Waals surface area contributed by atoms with Crippen LogP contribution in [-0.4, -0.2) is 14.3 Å². The number of amides is 1. The molecule has 1 saturated carbocycles. The summed E-state index contributed by atoms with van der Waals surface area (Å²) in [5, 5.41) is 2.92. The minimum absolute atomic E-state index is 0.0109. The highest BCUT2D eigenvalue weighted by Gasteiger charge is 2.39. The lowest BCUT2D eigenvalue weighted by Crippen LogP contribution is -2.17. The summed E-state index contributed by atoms with van der Waals surface area (Å²) in [5.41, 5.74) is 2.21. The van der Waals surface area contributed by atoms with E-state index >= 15 is 0 Å². The van der Waals surface area contributed by atoms with Crippen LogP contribution < -0.4 is 5.32 Å². The Balaban J connectivity index is 2.35. The van der Waals surface area contributed by atoms with Crippen molar-refractivity contribution in [3.05, 3.63) is 23.3 Å². The average Bonchev–Trinajstić information content (AvgIpc) is 3.07. The predicted octanol–water partition coefficient (Wildman–Crippen LogP) is 3.08. The van der Waals surface area contributed by atoms with Gasteiger partial charge in [0.15, 0.2) is 0 Å². The lowest BCUT2D eigenvalue weighted by Gasteiger charge is -2.14. The number of aryl methyl sites for hydroxylation is 2. The summed E-state index contributed by atoms with van der Waals surface area (Å²) in [6.07, 6.45) is 1.54. The van der Waals surface area contributed by atoms with Crippen molar-refractivity contribution >= 4 is 31.3 Å². The van der Waals surface area contributed by atoms with E-state index in [0.717, 1.165) is 12.0 Å². The van der Waals surface area contributed by atoms with Crippen LogP contribution in [-0.2, 0) is 20.3 Å². The molecule has 110 valence electrons. The van der Waals surface area contributed by atoms with Crippen LogP contribution in [0.3, 0.4) is 0 Å². The molecule has 0 spiro atoms. The maximum atomic E-state index is 12.0. The van der Waals surface area contributed by atoms with Gasteiger partial charge in [0.1, 0.15) is 0 Å². The molecule has 6 heteroatoms. The van der Waals surface area contributed by atoms with E-state index in [9.17, 15) is 13.2 Å². The first-order valence-electron chi connectivity index (χ1n) is 6.63. The summed E-state index contributed by atoms with van der Waals surface area (Å²) in [5.74, 6) is 0.523. The van der Waals surface area contributed by atoms with Crippen LogP contribution in [0.25, 0.3) is 0 Å². The number of nitrogens with one attached hydrogen (secondary N) is 1. The van der Waals surface area contributed by atoms with Crippen molar-refractivity contribution in [3.8, 4) is 0 Å². The topological polar surface area (TPSA) is 63.2 Å². The second kappa shape index (κ2) is 5.37. The Labute approximate surface area is 123 Å². The molecule has 20 heavy (non-hydrogen) atoms. The summed E-state index contributed by atoms with van der Waals surface area (Å²) < 4.78 is 22.9. The van der Waals surface area contributed by atoms with E-state index < -0.39 is 9.05 Å². The van der Waals surface area contributed by atoms with Crippen molar-refractivity contribution < 1.29 is 13.2 Å². The van der Waals surface area contributed by atoms with Gasteiger partial charge in [0.25, 0.3) is 9.05 Å². The van der Waals surface area contributed by atoms with E-state index in [0.29, 0.717) is 23.6 Å². The van der Waals surface area contributed by atoms with Crippen LogP contribution in [0.2, 0.25) is 0 Å². The van der Waals surface area contributed by atoms with Gasteiger partial charge in [-0.15, -0.1) is 0 Å². The van der Waals surface area contributed by atoms with Gasteiger partial charge in [0.2, 0.25) is 5.91 Å². The molecule has 1 aromatic rings. The molecule has 0 aromatic heterocycles. The molecule has 1 aliphatic carbocycles. The van der Waals surface area contributed by atoms with Gasteiger partial charge in [-0.25, -0.2) is 8.42 Å². The fourth-order valence-corrected chi connectivity index (χ4v) is 3.19. The van der Waals surface area contributed by atoms with Gasteiger partial charge in [0.05, 0.1) is 4.90 Å². The molecular formula is C14H18ClNO3S. The molecule has 1 aliphatic rings. The number of hydrogen-bond donors (Lipinski definition) is 1. The summed E-state index contributed by atoms with van der Waals surface area (Å²) in [4.78, 5) is 12.1. The molecule has 0 radical (unpaired) electrons. The number of carbonyl (C=O) groups is 1. The summed E-state index contributed by atoms with van der Waals surface area (Å²) in [7, 11) is 1.63. The molecule has 0 bridgehead atoms. The van der Waals surface area contributed by atoms with Gasteiger partial charge in [-0.3, -0.25) is 4.79 Å². The Morgan fingerprint density at radius 2 is 2.05 bits per heavy atom. The van der Waals surface area contributed by atoms with Gasteiger partial charge >= 0.3 is 0 Å². The van der Waals surface area contributed by atoms with E-state index in [2.05, 4.69) is 5.32 Å². The Kier molecular flexibility index (Phi) is 4.12. The van der Waals surface area contributed by atoms with Gasteiger partial charge in [-0.2, -0.15) is 0 Å². The van der Waals surface area contributed by atoms with Gasteiger partial charge in [0, 0.05) is 22.3 Å². The van der Waals surface area contributed by atoms with Crippen LogP contribution in [0.15, 0.2) is 17.0 Å². The highest BCUT2D eigenvalue weighted by atomic mass is 35.7. The predicted molar refractivity (Wildman–Crippen MR) is 79.5 cm³/mol. The molecule has 1 amide bonds. The Bertz CT molecular complexity index is 655. The molecule has 1 fully saturated rings. The van der Waals surface area contributed by atoms with E-state index in [1.54, 1.807) is 6.92 Å². The first-order valence-corrected chi connectivity index (χ1v) is 8.94. The third-order valence-electron chi connectivity index (χ3n) is 3.75. The van der Waals surface area contributed by atoms with Crippen LogP contribution in [0.1, 0.15) is 31.4 Å². The van der Waals surface area contributed by atoms with Gasteiger partial charge < -0.3 is 5.32 Å². The van der Waals surface area contributed by atoms with Crippen LogP contribution in [0.4, 0.5) is 5.69 Å². The van der Waals surface area contributed by atoms with Gasteiger partial charge in [-0.05, 0) is 48.9 Å². The summed E-state index contributed by atoms with van der Waals surface area (Å²) in [6.45, 7) is 5.73. The zero-order chi connectivity index (χ0) is 15.1. The van der Waals surface area contributed by atoms with Crippen molar-refractivity contribution in [3.63, 3.8) is 0 Å². The number of rotatable bonds is 4. The first kappa shape index (κ1) is 15.3. The minimum atomic E-state index is -3.76. The zero-order valence-electron chi connectivity index (χ0n) is 11.7. The largest absolute Gasteiger partial charge is 0.325 e. The monoisotopic (exact) mass is 315 g/mol. The van der Waals surface area contributed by atoms with E-state index in [4.69, 9.17) is 10.7 Å². The molecule has 1 aromatic carbocycles. The van der Waals surface area contributed by atoms with Crippen molar-refractivity contribution in [1.82, 2.24) is 0 Å². The Morgan fingerprint density at radius 3 is 2.50 bits per heavy atom. The van der Waals surface area contributed by atoms with E-state index in [1.165, 1.54) is 12.1 Å². The third kappa shape index (κ3) is 3.15. The molecular weight excluding hydrogens is 298 g/mol. The SMILES string of the molecule is CCc1cc(S(=O)(=O)Cl)cc(C)c1NC(=O)C1CC1C. The van der Waals surface area contributed by atoms with Crippen molar-refractivity contribution in [2.45, 2.75) is 38.5 Å². The molecule has 2 atom stereocenters. The summed E-state index contributed by atoms with van der Waals surface area (Å²) in [6, 6.07) is 3.02. The summed E-state index contributed by atoms with van der Waals surface area (Å²) >= 11 is 0. The van der Waals surface area contributed by atoms with E-state index in [-0.39, 0.29) is 16.7 Å². The Hall–Kier alpha value is -1.07. The second-order valence-corrected chi connectivity index (χ2v) is 7.94. The zero-order valence-corrected chi connectivity index (χ0v) is 13.3. The highest BCUT2D eigenvalue weighted by molar-refractivity contribution is 8.13. The smallest absolute Gasteiger partial charge is 0.261 e. The normalized spacial score (nSPS) is 21.6. The van der Waals surface area contributed by atoms with Crippen LogP contribution >= 0.6 is 10.7 Å². The quantitative estimate of drug-likeness (QED) is 0.868. The fraction of sp³-hybridized carbons (Fsp3) is 0.500. The molecule has 2 rings (SSSR count). The van der Waals surface area contributed by atoms with Gasteiger partial charge in [-0.1, -0.05) is 13.8 Å². The fourth-order valence-electron chi connectivity index (χ4n) is 2.33. The average molecular weight is 316 g/mol. The standard InChI is InChI=1S/C14H18ClNO3S/c1-4-10-7-11(20(15,18)19)5-9(3)13(10)16-14(17)12-6-8(12)2/h5,7-8,12H,4,6H2,1-3H3,(H,16,17). The van der Waals surface area contributed by atoms with Crippen molar-refractivity contribution in [1.29, 1.82) is 0 Å². The second-order valence-electron chi connectivity index (χ2n) is 5.37. The number of benzene rings is 1. The van der Waals surface area contributed by atoms with Crippen LogP contribution in [0, 0.1) is 18.8 Å². The maximum absolute atomic E-state index is 12.0. The minimum Gasteiger partial charge on any atom is -0.325 e. The molecule has 1 N–H and O–H groups in total. The number of hydrogen-bond acceptors (Lipinski definition) is 3. The van der Waals surface area contributed by atoms with Crippen molar-refractivity contribution in [2.24, 2.45) is 11.8 Å². The molecule has 0 heterocycles. The number of halogens is 1. The van der Waals surface area contributed by atoms with Crippen LogP contribution in [0.5, 0.6) is 0 Å². The lowest BCUT2D eigenvalue weighted by molar-refractivity contribution is -0.117. The molecule has 0 saturated heterocycles. The third-order valence-corrected chi connectivity index (χ3v) is 5.08. The Morgan fingerprint density at radius 1 is 1.45 bits per heavy atom. The first-order chi connectivity index (χ1) is 9.24. The highest BCUT2D eigenvalue weighted by Crippen LogP contribution is 2.39. The molecule has 0 aliphatic heterocycles. The molecule has 4 nitrogen and oxygen atoms in total. The number of carbonyl (C=O) groups excluding carboxylic acids is 1. The molecule has 2 unspecified atom stereocenters. The maximum Gasteiger partial charge on any atom is 0.261 e. The lowest BCUT2D eigenvalue weighted by atomic mass is 10.1. The van der Waals surface area contributed by atoms with Crippen molar-refractivity contribution in [2.75, 3.05) is 5.32 Å². The van der Waals surface area contributed by atoms with E-state index in [1.807, 2.05) is 13.8 Å². The number of anilines is 1.